The van der Waals surface area contributed by atoms with Gasteiger partial charge in [-0.1, -0.05) is 31.3 Å². The summed E-state index contributed by atoms with van der Waals surface area (Å²) >= 11 is 4.79. The first-order chi connectivity index (χ1) is 8.52. The van der Waals surface area contributed by atoms with Gasteiger partial charge in [0.25, 0.3) is 0 Å². The van der Waals surface area contributed by atoms with E-state index in [1.807, 2.05) is 6.92 Å². The van der Waals surface area contributed by atoms with Crippen molar-refractivity contribution < 1.29 is 9.18 Å². The monoisotopic (exact) mass is 269 g/mol. The van der Waals surface area contributed by atoms with Gasteiger partial charge in [0.1, 0.15) is 5.82 Å². The minimum atomic E-state index is -0.455. The first-order valence-electron chi connectivity index (χ1n) is 5.58. The summed E-state index contributed by atoms with van der Waals surface area (Å²) in [4.78, 5) is 13.8. The van der Waals surface area contributed by atoms with Crippen molar-refractivity contribution in [3.05, 3.63) is 30.1 Å². The molecule has 1 amide bonds. The van der Waals surface area contributed by atoms with E-state index in [-0.39, 0.29) is 18.1 Å². The van der Waals surface area contributed by atoms with Gasteiger partial charge in [0.15, 0.2) is 0 Å². The Morgan fingerprint density at radius 2 is 2.11 bits per heavy atom. The lowest BCUT2D eigenvalue weighted by Crippen LogP contribution is -2.38. The Labute approximate surface area is 111 Å². The van der Waals surface area contributed by atoms with Crippen LogP contribution in [0.3, 0.4) is 0 Å². The van der Waals surface area contributed by atoms with E-state index in [1.165, 1.54) is 12.1 Å². The smallest absolute Gasteiger partial charge is 0.238 e. The van der Waals surface area contributed by atoms with Crippen molar-refractivity contribution >= 4 is 28.8 Å². The van der Waals surface area contributed by atoms with Gasteiger partial charge in [-0.2, -0.15) is 0 Å². The molecule has 0 saturated heterocycles. The number of benzene rings is 1. The fraction of sp³-hybridized carbons (Fsp3) is 0.333. The van der Waals surface area contributed by atoms with Crippen LogP contribution in [0, 0.1) is 5.82 Å². The van der Waals surface area contributed by atoms with E-state index < -0.39 is 5.82 Å². The zero-order chi connectivity index (χ0) is 13.5. The molecule has 0 bridgehead atoms. The average Bonchev–Trinajstić information content (AvgIpc) is 2.30. The molecule has 6 heteroatoms. The van der Waals surface area contributed by atoms with Gasteiger partial charge in [-0.3, -0.25) is 9.69 Å². The summed E-state index contributed by atoms with van der Waals surface area (Å²) in [6, 6.07) is 6.03. The molecule has 0 unspecified atom stereocenters. The summed E-state index contributed by atoms with van der Waals surface area (Å²) in [6.07, 6.45) is 0. The molecule has 1 aromatic carbocycles. The number of para-hydroxylation sites is 1. The molecule has 4 nitrogen and oxygen atoms in total. The molecule has 3 N–H and O–H groups in total. The maximum Gasteiger partial charge on any atom is 0.238 e. The van der Waals surface area contributed by atoms with Gasteiger partial charge >= 0.3 is 0 Å². The maximum absolute atomic E-state index is 13.3. The number of carbonyl (C=O) groups excluding carboxylic acids is 1. The minimum absolute atomic E-state index is 0.127. The summed E-state index contributed by atoms with van der Waals surface area (Å²) < 4.78 is 13.3. The van der Waals surface area contributed by atoms with Crippen molar-refractivity contribution in [2.45, 2.75) is 6.92 Å². The molecular formula is C12H16FN3OS. The molecule has 0 aliphatic heterocycles. The highest BCUT2D eigenvalue weighted by Crippen LogP contribution is 2.12. The number of anilines is 1. The summed E-state index contributed by atoms with van der Waals surface area (Å²) in [6.45, 7) is 3.04. The fourth-order valence-electron chi connectivity index (χ4n) is 1.46. The third-order valence-electron chi connectivity index (χ3n) is 2.34. The van der Waals surface area contributed by atoms with Crippen LogP contribution in [0.25, 0.3) is 0 Å². The molecular weight excluding hydrogens is 253 g/mol. The molecule has 0 saturated carbocycles. The summed E-state index contributed by atoms with van der Waals surface area (Å²) in [5.74, 6) is -0.749. The highest BCUT2D eigenvalue weighted by molar-refractivity contribution is 7.80. The molecule has 0 fully saturated rings. The van der Waals surface area contributed by atoms with E-state index in [9.17, 15) is 9.18 Å². The number of amides is 1. The lowest BCUT2D eigenvalue weighted by molar-refractivity contribution is -0.117. The van der Waals surface area contributed by atoms with Gasteiger partial charge in [-0.05, 0) is 18.7 Å². The number of hydrogen-bond acceptors (Lipinski definition) is 3. The van der Waals surface area contributed by atoms with Crippen LogP contribution < -0.4 is 11.1 Å². The number of thiocarbonyl (C=S) groups is 1. The molecule has 0 atom stereocenters. The number of nitrogens with one attached hydrogen (secondary N) is 1. The SMILES string of the molecule is CCN(CC(=O)Nc1ccccc1F)CC(N)=S. The van der Waals surface area contributed by atoms with Crippen molar-refractivity contribution in [1.82, 2.24) is 4.90 Å². The zero-order valence-electron chi connectivity index (χ0n) is 10.1. The largest absolute Gasteiger partial charge is 0.392 e. The molecule has 0 heterocycles. The predicted octanol–water partition coefficient (Wildman–Crippen LogP) is 1.37. The highest BCUT2D eigenvalue weighted by atomic mass is 32.1. The van der Waals surface area contributed by atoms with Crippen molar-refractivity contribution in [2.24, 2.45) is 5.73 Å². The van der Waals surface area contributed by atoms with Crippen LogP contribution in [0.5, 0.6) is 0 Å². The predicted molar refractivity (Wildman–Crippen MR) is 73.9 cm³/mol. The first kappa shape index (κ1) is 14.5. The van der Waals surface area contributed by atoms with Gasteiger partial charge in [0, 0.05) is 6.54 Å². The molecule has 0 radical (unpaired) electrons. The van der Waals surface area contributed by atoms with Crippen LogP contribution in [0.15, 0.2) is 24.3 Å². The summed E-state index contributed by atoms with van der Waals surface area (Å²) in [5, 5.41) is 2.51. The highest BCUT2D eigenvalue weighted by Gasteiger charge is 2.11. The Bertz CT molecular complexity index is 439. The summed E-state index contributed by atoms with van der Waals surface area (Å²) in [5.41, 5.74) is 5.59. The Morgan fingerprint density at radius 1 is 1.44 bits per heavy atom. The van der Waals surface area contributed by atoms with E-state index in [1.54, 1.807) is 17.0 Å². The number of nitrogens with zero attached hydrogens (tertiary/aromatic N) is 1. The van der Waals surface area contributed by atoms with Crippen molar-refractivity contribution in [3.63, 3.8) is 0 Å². The Hall–Kier alpha value is -1.53. The normalized spacial score (nSPS) is 10.4. The van der Waals surface area contributed by atoms with Crippen LogP contribution in [0.1, 0.15) is 6.92 Å². The standard InChI is InChI=1S/C12H16FN3OS/c1-2-16(7-11(14)18)8-12(17)15-10-6-4-3-5-9(10)13/h3-6H,2,7-8H2,1H3,(H2,14,18)(H,15,17). The van der Waals surface area contributed by atoms with Crippen molar-refractivity contribution in [1.29, 1.82) is 0 Å². The first-order valence-corrected chi connectivity index (χ1v) is 5.98. The van der Waals surface area contributed by atoms with E-state index in [0.29, 0.717) is 18.1 Å². The van der Waals surface area contributed by atoms with Gasteiger partial charge < -0.3 is 11.1 Å². The Kier molecular flexibility index (Phi) is 5.67. The molecule has 1 rings (SSSR count). The lowest BCUT2D eigenvalue weighted by Gasteiger charge is -2.18. The zero-order valence-corrected chi connectivity index (χ0v) is 11.0. The quantitative estimate of drug-likeness (QED) is 0.766. The Morgan fingerprint density at radius 3 is 2.67 bits per heavy atom. The minimum Gasteiger partial charge on any atom is -0.392 e. The second-order valence-electron chi connectivity index (χ2n) is 3.80. The maximum atomic E-state index is 13.3. The third-order valence-corrected chi connectivity index (χ3v) is 2.47. The number of halogens is 1. The number of likely N-dealkylation sites (N-methyl/N-ethyl adjacent to an activating group) is 1. The molecule has 98 valence electrons. The van der Waals surface area contributed by atoms with Gasteiger partial charge in [-0.15, -0.1) is 0 Å². The number of nitrogens with two attached hydrogens (primary N) is 1. The number of carbonyl (C=O) groups is 1. The van der Waals surface area contributed by atoms with E-state index in [4.69, 9.17) is 18.0 Å². The second kappa shape index (κ2) is 7.03. The second-order valence-corrected chi connectivity index (χ2v) is 4.32. The average molecular weight is 269 g/mol. The van der Waals surface area contributed by atoms with Gasteiger partial charge in [0.2, 0.25) is 5.91 Å². The summed E-state index contributed by atoms with van der Waals surface area (Å²) in [7, 11) is 0. The molecule has 1 aromatic rings. The van der Waals surface area contributed by atoms with Crippen LogP contribution >= 0.6 is 12.2 Å². The molecule has 0 aromatic heterocycles. The topological polar surface area (TPSA) is 58.4 Å². The number of rotatable bonds is 6. The van der Waals surface area contributed by atoms with E-state index in [2.05, 4.69) is 5.32 Å². The van der Waals surface area contributed by atoms with Crippen LogP contribution in [0.2, 0.25) is 0 Å². The lowest BCUT2D eigenvalue weighted by atomic mass is 10.3. The fourth-order valence-corrected chi connectivity index (χ4v) is 1.64. The van der Waals surface area contributed by atoms with Crippen LogP contribution in [-0.2, 0) is 4.79 Å². The van der Waals surface area contributed by atoms with E-state index >= 15 is 0 Å². The molecule has 0 spiro atoms. The molecule has 0 aliphatic carbocycles. The van der Waals surface area contributed by atoms with Crippen LogP contribution in [-0.4, -0.2) is 35.4 Å². The number of hydrogen-bond donors (Lipinski definition) is 2. The molecule has 0 aliphatic rings. The van der Waals surface area contributed by atoms with Crippen LogP contribution in [0.4, 0.5) is 10.1 Å². The Balaban J connectivity index is 2.55. The van der Waals surface area contributed by atoms with Crippen molar-refractivity contribution in [2.75, 3.05) is 25.0 Å². The van der Waals surface area contributed by atoms with Crippen molar-refractivity contribution in [3.8, 4) is 0 Å². The molecule has 18 heavy (non-hydrogen) atoms. The van der Waals surface area contributed by atoms with Gasteiger partial charge in [0.05, 0.1) is 17.2 Å². The van der Waals surface area contributed by atoms with E-state index in [0.717, 1.165) is 0 Å². The van der Waals surface area contributed by atoms with Gasteiger partial charge in [-0.25, -0.2) is 4.39 Å². The third kappa shape index (κ3) is 4.77.